The summed E-state index contributed by atoms with van der Waals surface area (Å²) < 4.78 is 15.7. The van der Waals surface area contributed by atoms with Crippen LogP contribution in [0.2, 0.25) is 0 Å². The molecular weight excluding hydrogens is 208 g/mol. The smallest absolute Gasteiger partial charge is 0.0823 e. The van der Waals surface area contributed by atoms with Gasteiger partial charge in [0.1, 0.15) is 0 Å². The predicted octanol–water partition coefficient (Wildman–Crippen LogP) is -0.0550. The van der Waals surface area contributed by atoms with Crippen molar-refractivity contribution < 1.29 is 14.2 Å². The first-order chi connectivity index (χ1) is 7.78. The van der Waals surface area contributed by atoms with E-state index in [0.29, 0.717) is 26.4 Å². The van der Waals surface area contributed by atoms with Crippen LogP contribution in [0.25, 0.3) is 0 Å². The molecular formula is C11H26N2O3. The van der Waals surface area contributed by atoms with E-state index in [2.05, 4.69) is 4.90 Å². The second kappa shape index (κ2) is 11.3. The molecule has 0 heterocycles. The second-order valence-electron chi connectivity index (χ2n) is 3.60. The zero-order valence-electron chi connectivity index (χ0n) is 10.8. The van der Waals surface area contributed by atoms with E-state index >= 15 is 0 Å². The molecule has 0 aliphatic heterocycles. The summed E-state index contributed by atoms with van der Waals surface area (Å²) in [7, 11) is 3.41. The first kappa shape index (κ1) is 15.8. The molecule has 0 saturated carbocycles. The summed E-state index contributed by atoms with van der Waals surface area (Å²) in [6, 6.07) is 0. The van der Waals surface area contributed by atoms with Crippen LogP contribution in [0.1, 0.15) is 6.92 Å². The van der Waals surface area contributed by atoms with Gasteiger partial charge in [-0.3, -0.25) is 4.90 Å². The lowest BCUT2D eigenvalue weighted by Gasteiger charge is -2.26. The van der Waals surface area contributed by atoms with Gasteiger partial charge in [-0.1, -0.05) is 0 Å². The molecule has 98 valence electrons. The van der Waals surface area contributed by atoms with E-state index in [0.717, 1.165) is 19.6 Å². The molecule has 0 radical (unpaired) electrons. The van der Waals surface area contributed by atoms with Crippen molar-refractivity contribution in [1.82, 2.24) is 4.90 Å². The largest absolute Gasteiger partial charge is 0.383 e. The normalized spacial score (nSPS) is 13.3. The molecule has 5 heteroatoms. The highest BCUT2D eigenvalue weighted by atomic mass is 16.5. The fourth-order valence-corrected chi connectivity index (χ4v) is 1.45. The first-order valence-corrected chi connectivity index (χ1v) is 5.80. The van der Waals surface area contributed by atoms with Crippen LogP contribution in [-0.2, 0) is 14.2 Å². The molecule has 0 aromatic heterocycles. The summed E-state index contributed by atoms with van der Waals surface area (Å²) in [5.74, 6) is 0. The van der Waals surface area contributed by atoms with Crippen LogP contribution in [0.4, 0.5) is 0 Å². The topological polar surface area (TPSA) is 57.0 Å². The van der Waals surface area contributed by atoms with Crippen LogP contribution in [0.15, 0.2) is 0 Å². The van der Waals surface area contributed by atoms with Gasteiger partial charge < -0.3 is 19.9 Å². The highest BCUT2D eigenvalue weighted by Crippen LogP contribution is 1.97. The van der Waals surface area contributed by atoms with E-state index in [1.807, 2.05) is 6.92 Å². The van der Waals surface area contributed by atoms with E-state index < -0.39 is 0 Å². The zero-order valence-corrected chi connectivity index (χ0v) is 10.8. The van der Waals surface area contributed by atoms with Crippen molar-refractivity contribution in [2.75, 3.05) is 60.2 Å². The average Bonchev–Trinajstić information content (AvgIpc) is 2.31. The molecule has 2 N–H and O–H groups in total. The third-order valence-electron chi connectivity index (χ3n) is 2.35. The van der Waals surface area contributed by atoms with Crippen LogP contribution < -0.4 is 5.73 Å². The summed E-state index contributed by atoms with van der Waals surface area (Å²) >= 11 is 0. The third-order valence-corrected chi connectivity index (χ3v) is 2.35. The molecule has 0 spiro atoms. The Balaban J connectivity index is 3.94. The van der Waals surface area contributed by atoms with Crippen molar-refractivity contribution in [2.24, 2.45) is 5.73 Å². The lowest BCUT2D eigenvalue weighted by atomic mass is 10.3. The molecule has 16 heavy (non-hydrogen) atoms. The number of hydrogen-bond acceptors (Lipinski definition) is 5. The number of ether oxygens (including phenoxy) is 3. The predicted molar refractivity (Wildman–Crippen MR) is 64.7 cm³/mol. The maximum Gasteiger partial charge on any atom is 0.0823 e. The lowest BCUT2D eigenvalue weighted by Crippen LogP contribution is -2.41. The number of hydrogen-bond donors (Lipinski definition) is 1. The minimum Gasteiger partial charge on any atom is -0.383 e. The van der Waals surface area contributed by atoms with E-state index in [-0.39, 0.29) is 6.10 Å². The minimum absolute atomic E-state index is 0.0960. The number of methoxy groups -OCH3 is 2. The first-order valence-electron chi connectivity index (χ1n) is 5.80. The fraction of sp³-hybridized carbons (Fsp3) is 1.00. The molecule has 1 unspecified atom stereocenters. The lowest BCUT2D eigenvalue weighted by molar-refractivity contribution is 0.0253. The molecule has 0 fully saturated rings. The van der Waals surface area contributed by atoms with E-state index in [4.69, 9.17) is 19.9 Å². The molecule has 0 aliphatic carbocycles. The van der Waals surface area contributed by atoms with Gasteiger partial charge >= 0.3 is 0 Å². The van der Waals surface area contributed by atoms with Gasteiger partial charge in [0.05, 0.1) is 19.3 Å². The van der Waals surface area contributed by atoms with Crippen molar-refractivity contribution in [3.8, 4) is 0 Å². The highest BCUT2D eigenvalue weighted by Gasteiger charge is 2.12. The van der Waals surface area contributed by atoms with Gasteiger partial charge in [0.25, 0.3) is 0 Å². The second-order valence-corrected chi connectivity index (χ2v) is 3.60. The van der Waals surface area contributed by atoms with E-state index in [1.165, 1.54) is 0 Å². The molecule has 0 rings (SSSR count). The maximum atomic E-state index is 5.65. The van der Waals surface area contributed by atoms with Gasteiger partial charge in [-0.2, -0.15) is 0 Å². The molecule has 0 aromatic rings. The van der Waals surface area contributed by atoms with Crippen LogP contribution >= 0.6 is 0 Å². The van der Waals surface area contributed by atoms with Crippen molar-refractivity contribution in [3.05, 3.63) is 0 Å². The zero-order chi connectivity index (χ0) is 12.2. The van der Waals surface area contributed by atoms with Crippen molar-refractivity contribution in [3.63, 3.8) is 0 Å². The molecule has 0 saturated heterocycles. The van der Waals surface area contributed by atoms with Gasteiger partial charge in [-0.05, 0) is 6.92 Å². The number of nitrogens with two attached hydrogens (primary N) is 1. The van der Waals surface area contributed by atoms with Gasteiger partial charge in [0.2, 0.25) is 0 Å². The highest BCUT2D eigenvalue weighted by molar-refractivity contribution is 4.67. The maximum absolute atomic E-state index is 5.65. The van der Waals surface area contributed by atoms with Gasteiger partial charge in [-0.15, -0.1) is 0 Å². The average molecular weight is 234 g/mol. The molecule has 0 aromatic carbocycles. The summed E-state index contributed by atoms with van der Waals surface area (Å²) in [6.45, 7) is 7.25. The van der Waals surface area contributed by atoms with Crippen molar-refractivity contribution in [1.29, 1.82) is 0 Å². The molecule has 0 amide bonds. The molecule has 0 bridgehead atoms. The van der Waals surface area contributed by atoms with E-state index in [1.54, 1.807) is 14.2 Å². The number of nitrogens with zero attached hydrogens (tertiary/aromatic N) is 1. The van der Waals surface area contributed by atoms with Crippen LogP contribution in [0.5, 0.6) is 0 Å². The summed E-state index contributed by atoms with van der Waals surface area (Å²) in [6.07, 6.45) is 0.0960. The van der Waals surface area contributed by atoms with Crippen LogP contribution in [-0.4, -0.2) is 71.2 Å². The number of rotatable bonds is 11. The Morgan fingerprint density at radius 1 is 1.12 bits per heavy atom. The summed E-state index contributed by atoms with van der Waals surface area (Å²) in [4.78, 5) is 2.25. The minimum atomic E-state index is 0.0960. The Morgan fingerprint density at radius 2 is 1.69 bits per heavy atom. The van der Waals surface area contributed by atoms with Gasteiger partial charge in [0.15, 0.2) is 0 Å². The Labute approximate surface area is 98.8 Å². The monoisotopic (exact) mass is 234 g/mol. The third kappa shape index (κ3) is 8.01. The van der Waals surface area contributed by atoms with Crippen LogP contribution in [0, 0.1) is 0 Å². The van der Waals surface area contributed by atoms with E-state index in [9.17, 15) is 0 Å². The Morgan fingerprint density at radius 3 is 2.06 bits per heavy atom. The Bertz CT molecular complexity index is 139. The Hall–Kier alpha value is -0.200. The Kier molecular flexibility index (Phi) is 11.1. The summed E-state index contributed by atoms with van der Waals surface area (Å²) in [5.41, 5.74) is 5.65. The van der Waals surface area contributed by atoms with Gasteiger partial charge in [0, 0.05) is 47.0 Å². The molecule has 0 aliphatic rings. The van der Waals surface area contributed by atoms with Crippen molar-refractivity contribution in [2.45, 2.75) is 13.0 Å². The fourth-order valence-electron chi connectivity index (χ4n) is 1.45. The SMILES string of the molecule is CCOC(CN)CN(CCOC)CCOC. The van der Waals surface area contributed by atoms with Crippen LogP contribution in [0.3, 0.4) is 0 Å². The molecule has 5 nitrogen and oxygen atoms in total. The van der Waals surface area contributed by atoms with Crippen molar-refractivity contribution >= 4 is 0 Å². The summed E-state index contributed by atoms with van der Waals surface area (Å²) in [5, 5.41) is 0. The quantitative estimate of drug-likeness (QED) is 0.543. The standard InChI is InChI=1S/C11H26N2O3/c1-4-16-11(9-12)10-13(5-7-14-2)6-8-15-3/h11H,4-10,12H2,1-3H3. The van der Waals surface area contributed by atoms with Gasteiger partial charge in [-0.25, -0.2) is 0 Å². The molecule has 1 atom stereocenters.